The second-order valence-electron chi connectivity index (χ2n) is 4.80. The molecule has 108 valence electrons. The largest absolute Gasteiger partial charge is 0.313 e. The molecular weight excluding hydrogens is 293 g/mol. The number of benzene rings is 1. The van der Waals surface area contributed by atoms with Gasteiger partial charge in [-0.05, 0) is 44.7 Å². The maximum absolute atomic E-state index is 6.30. The summed E-state index contributed by atoms with van der Waals surface area (Å²) in [6, 6.07) is 7.89. The molecule has 2 aromatic rings. The Hall–Kier alpha value is -1.03. The highest BCUT2D eigenvalue weighted by Gasteiger charge is 2.16. The quantitative estimate of drug-likeness (QED) is 0.903. The smallest absolute Gasteiger partial charge is 0.0596 e. The Morgan fingerprint density at radius 3 is 2.65 bits per heavy atom. The Balaban J connectivity index is 2.28. The zero-order valence-corrected chi connectivity index (χ0v) is 13.5. The fraction of sp³-hybridized carbons (Fsp3) is 0.400. The summed E-state index contributed by atoms with van der Waals surface area (Å²) >= 11 is 12.3. The molecule has 0 saturated heterocycles. The molecule has 1 heterocycles. The number of rotatable bonds is 5. The molecule has 3 nitrogen and oxygen atoms in total. The predicted octanol–water partition coefficient (Wildman–Crippen LogP) is 4.02. The van der Waals surface area contributed by atoms with Crippen LogP contribution in [0.4, 0.5) is 0 Å². The van der Waals surface area contributed by atoms with Gasteiger partial charge in [0.15, 0.2) is 0 Å². The lowest BCUT2D eigenvalue weighted by molar-refractivity contribution is 0.541. The van der Waals surface area contributed by atoms with Gasteiger partial charge in [-0.1, -0.05) is 29.3 Å². The van der Waals surface area contributed by atoms with Crippen molar-refractivity contribution in [2.24, 2.45) is 0 Å². The Labute approximate surface area is 129 Å². The van der Waals surface area contributed by atoms with E-state index in [9.17, 15) is 0 Å². The van der Waals surface area contributed by atoms with Gasteiger partial charge in [0.05, 0.1) is 5.69 Å². The molecule has 0 aliphatic rings. The summed E-state index contributed by atoms with van der Waals surface area (Å²) in [5.74, 6) is 0. The molecule has 1 atom stereocenters. The minimum absolute atomic E-state index is 0.140. The highest BCUT2D eigenvalue weighted by molar-refractivity contribution is 6.35. The molecule has 1 aromatic heterocycles. The lowest BCUT2D eigenvalue weighted by atomic mass is 10.0. The van der Waals surface area contributed by atoms with Crippen LogP contribution < -0.4 is 5.32 Å². The normalized spacial score (nSPS) is 12.7. The van der Waals surface area contributed by atoms with Crippen LogP contribution in [0, 0.1) is 6.92 Å². The second-order valence-corrected chi connectivity index (χ2v) is 5.65. The van der Waals surface area contributed by atoms with E-state index in [-0.39, 0.29) is 6.04 Å². The molecular formula is C15H19Cl2N3. The molecule has 1 N–H and O–H groups in total. The summed E-state index contributed by atoms with van der Waals surface area (Å²) in [6.07, 6.45) is 0.840. The van der Waals surface area contributed by atoms with Crippen molar-refractivity contribution in [1.82, 2.24) is 15.1 Å². The molecule has 0 saturated carbocycles. The van der Waals surface area contributed by atoms with E-state index in [2.05, 4.69) is 23.4 Å². The van der Waals surface area contributed by atoms with Crippen molar-refractivity contribution < 1.29 is 0 Å². The monoisotopic (exact) mass is 311 g/mol. The van der Waals surface area contributed by atoms with E-state index in [0.29, 0.717) is 10.0 Å². The third-order valence-electron chi connectivity index (χ3n) is 3.38. The van der Waals surface area contributed by atoms with E-state index in [1.807, 2.05) is 30.8 Å². The molecule has 0 fully saturated rings. The van der Waals surface area contributed by atoms with Gasteiger partial charge in [-0.2, -0.15) is 5.10 Å². The first-order chi connectivity index (χ1) is 9.55. The zero-order chi connectivity index (χ0) is 14.7. The van der Waals surface area contributed by atoms with Crippen molar-refractivity contribution in [3.63, 3.8) is 0 Å². The lowest BCUT2D eigenvalue weighted by Crippen LogP contribution is -2.21. The molecule has 0 aliphatic heterocycles. The van der Waals surface area contributed by atoms with Crippen LogP contribution in [0.15, 0.2) is 24.3 Å². The van der Waals surface area contributed by atoms with Crippen LogP contribution in [0.25, 0.3) is 0 Å². The molecule has 0 spiro atoms. The third-order valence-corrected chi connectivity index (χ3v) is 3.95. The Morgan fingerprint density at radius 2 is 2.05 bits per heavy atom. The highest BCUT2D eigenvalue weighted by atomic mass is 35.5. The molecule has 0 bridgehead atoms. The van der Waals surface area contributed by atoms with Crippen LogP contribution in [0.5, 0.6) is 0 Å². The number of hydrogen-bond donors (Lipinski definition) is 1. The summed E-state index contributed by atoms with van der Waals surface area (Å²) in [7, 11) is 1.94. The number of hydrogen-bond acceptors (Lipinski definition) is 2. The van der Waals surface area contributed by atoms with Gasteiger partial charge in [0, 0.05) is 34.7 Å². The van der Waals surface area contributed by atoms with Crippen LogP contribution in [0.2, 0.25) is 10.0 Å². The van der Waals surface area contributed by atoms with Crippen molar-refractivity contribution in [2.75, 3.05) is 7.05 Å². The zero-order valence-electron chi connectivity index (χ0n) is 12.0. The van der Waals surface area contributed by atoms with E-state index in [1.165, 1.54) is 5.69 Å². The highest BCUT2D eigenvalue weighted by Crippen LogP contribution is 2.28. The summed E-state index contributed by atoms with van der Waals surface area (Å²) in [4.78, 5) is 0. The summed E-state index contributed by atoms with van der Waals surface area (Å²) in [5.41, 5.74) is 3.30. The molecule has 2 rings (SSSR count). The van der Waals surface area contributed by atoms with E-state index in [4.69, 9.17) is 23.2 Å². The summed E-state index contributed by atoms with van der Waals surface area (Å²) < 4.78 is 2.03. The van der Waals surface area contributed by atoms with Gasteiger partial charge in [-0.25, -0.2) is 0 Å². The maximum atomic E-state index is 6.30. The van der Waals surface area contributed by atoms with E-state index < -0.39 is 0 Å². The lowest BCUT2D eigenvalue weighted by Gasteiger charge is -2.18. The van der Waals surface area contributed by atoms with Gasteiger partial charge in [0.1, 0.15) is 0 Å². The van der Waals surface area contributed by atoms with Gasteiger partial charge in [0.2, 0.25) is 0 Å². The van der Waals surface area contributed by atoms with Gasteiger partial charge in [-0.3, -0.25) is 4.68 Å². The van der Waals surface area contributed by atoms with Gasteiger partial charge in [0.25, 0.3) is 0 Å². The number of nitrogens with zero attached hydrogens (tertiary/aromatic N) is 2. The number of aromatic nitrogens is 2. The number of aryl methyl sites for hydroxylation is 2. The number of nitrogens with one attached hydrogen (secondary N) is 1. The predicted molar refractivity (Wildman–Crippen MR) is 84.6 cm³/mol. The van der Waals surface area contributed by atoms with Crippen LogP contribution in [0.1, 0.15) is 29.9 Å². The Morgan fingerprint density at radius 1 is 1.30 bits per heavy atom. The van der Waals surface area contributed by atoms with Gasteiger partial charge >= 0.3 is 0 Å². The van der Waals surface area contributed by atoms with Crippen molar-refractivity contribution in [1.29, 1.82) is 0 Å². The second kappa shape index (κ2) is 6.61. The van der Waals surface area contributed by atoms with Gasteiger partial charge in [-0.15, -0.1) is 0 Å². The number of likely N-dealkylation sites (N-methyl/N-ethyl adjacent to an activating group) is 1. The van der Waals surface area contributed by atoms with Crippen molar-refractivity contribution in [2.45, 2.75) is 32.9 Å². The van der Waals surface area contributed by atoms with Crippen LogP contribution in [-0.2, 0) is 13.0 Å². The standard InChI is InChI=1S/C15H19Cl2N3/c1-4-20-12(7-10(2)19-20)9-15(18-3)13-6-5-11(16)8-14(13)17/h5-8,15,18H,4,9H2,1-3H3. The van der Waals surface area contributed by atoms with Gasteiger partial charge < -0.3 is 5.32 Å². The molecule has 1 aromatic carbocycles. The Kier molecular flexibility index (Phi) is 5.08. The molecule has 20 heavy (non-hydrogen) atoms. The molecule has 0 aliphatic carbocycles. The average Bonchev–Trinajstić information content (AvgIpc) is 2.76. The van der Waals surface area contributed by atoms with Crippen molar-refractivity contribution in [3.8, 4) is 0 Å². The van der Waals surface area contributed by atoms with E-state index >= 15 is 0 Å². The molecule has 0 radical (unpaired) electrons. The minimum atomic E-state index is 0.140. The van der Waals surface area contributed by atoms with Crippen molar-refractivity contribution in [3.05, 3.63) is 51.3 Å². The first-order valence-corrected chi connectivity index (χ1v) is 7.46. The molecule has 0 amide bonds. The number of halogens is 2. The summed E-state index contributed by atoms with van der Waals surface area (Å²) in [6.45, 7) is 4.98. The van der Waals surface area contributed by atoms with Crippen LogP contribution in [0.3, 0.4) is 0 Å². The molecule has 5 heteroatoms. The first-order valence-electron chi connectivity index (χ1n) is 6.70. The molecule has 1 unspecified atom stereocenters. The van der Waals surface area contributed by atoms with E-state index in [0.717, 1.165) is 24.2 Å². The fourth-order valence-electron chi connectivity index (χ4n) is 2.40. The third kappa shape index (κ3) is 3.35. The first kappa shape index (κ1) is 15.4. The van der Waals surface area contributed by atoms with Crippen molar-refractivity contribution >= 4 is 23.2 Å². The SMILES string of the molecule is CCn1nc(C)cc1CC(NC)c1ccc(Cl)cc1Cl. The van der Waals surface area contributed by atoms with Crippen LogP contribution in [-0.4, -0.2) is 16.8 Å². The maximum Gasteiger partial charge on any atom is 0.0596 e. The fourth-order valence-corrected chi connectivity index (χ4v) is 2.94. The minimum Gasteiger partial charge on any atom is -0.313 e. The Bertz CT molecular complexity index is 593. The summed E-state index contributed by atoms with van der Waals surface area (Å²) in [5, 5.41) is 9.15. The topological polar surface area (TPSA) is 29.9 Å². The van der Waals surface area contributed by atoms with Crippen LogP contribution >= 0.6 is 23.2 Å². The average molecular weight is 312 g/mol. The van der Waals surface area contributed by atoms with E-state index in [1.54, 1.807) is 6.07 Å².